The van der Waals surface area contributed by atoms with Gasteiger partial charge in [-0.05, 0) is 41.9 Å². The zero-order valence-corrected chi connectivity index (χ0v) is 12.3. The molecule has 21 heavy (non-hydrogen) atoms. The summed E-state index contributed by atoms with van der Waals surface area (Å²) in [5.41, 5.74) is 3.83. The van der Waals surface area contributed by atoms with E-state index in [1.807, 2.05) is 13.0 Å². The van der Waals surface area contributed by atoms with E-state index in [0.717, 1.165) is 18.4 Å². The van der Waals surface area contributed by atoms with Crippen LogP contribution in [-0.4, -0.2) is 35.0 Å². The Morgan fingerprint density at radius 2 is 2.00 bits per heavy atom. The van der Waals surface area contributed by atoms with Crippen LogP contribution in [-0.2, 0) is 28.9 Å². The maximum Gasteiger partial charge on any atom is 0.308 e. The predicted molar refractivity (Wildman–Crippen MR) is 79.0 cm³/mol. The lowest BCUT2D eigenvalue weighted by molar-refractivity contribution is -0.142. The normalized spacial score (nSPS) is 24.1. The summed E-state index contributed by atoms with van der Waals surface area (Å²) in [7, 11) is 0. The lowest BCUT2D eigenvalue weighted by Crippen LogP contribution is -2.31. The summed E-state index contributed by atoms with van der Waals surface area (Å²) < 4.78 is 0. The van der Waals surface area contributed by atoms with Gasteiger partial charge in [0.1, 0.15) is 0 Å². The summed E-state index contributed by atoms with van der Waals surface area (Å²) in [4.78, 5) is 25.2. The minimum absolute atomic E-state index is 0.0338. The third-order valence-corrected chi connectivity index (χ3v) is 4.80. The van der Waals surface area contributed by atoms with Crippen LogP contribution in [0, 0.1) is 11.8 Å². The van der Waals surface area contributed by atoms with Gasteiger partial charge in [-0.1, -0.05) is 25.1 Å². The van der Waals surface area contributed by atoms with Crippen molar-refractivity contribution >= 4 is 11.9 Å². The van der Waals surface area contributed by atoms with Crippen molar-refractivity contribution in [1.82, 2.24) is 4.90 Å². The molecule has 0 bridgehead atoms. The molecule has 1 aromatic carbocycles. The SMILES string of the molecule is C[C@@H]1CN(C(=O)Cc2ccc3c(c2)CCC3)C[C@H]1C(=O)O. The Labute approximate surface area is 124 Å². The van der Waals surface area contributed by atoms with E-state index in [1.165, 1.54) is 17.5 Å². The molecular weight excluding hydrogens is 266 g/mol. The second kappa shape index (κ2) is 5.51. The average molecular weight is 287 g/mol. The Balaban J connectivity index is 1.66. The molecule has 1 amide bonds. The molecule has 1 aromatic rings. The van der Waals surface area contributed by atoms with Crippen LogP contribution in [0.1, 0.15) is 30.0 Å². The summed E-state index contributed by atoms with van der Waals surface area (Å²) in [6, 6.07) is 6.32. The van der Waals surface area contributed by atoms with Crippen LogP contribution < -0.4 is 0 Å². The first-order chi connectivity index (χ1) is 10.0. The number of carbonyl (C=O) groups is 2. The molecule has 0 spiro atoms. The Bertz CT molecular complexity index is 581. The Morgan fingerprint density at radius 1 is 1.24 bits per heavy atom. The third-order valence-electron chi connectivity index (χ3n) is 4.80. The zero-order chi connectivity index (χ0) is 15.0. The van der Waals surface area contributed by atoms with Crippen LogP contribution in [0.2, 0.25) is 0 Å². The van der Waals surface area contributed by atoms with Gasteiger partial charge in [0.15, 0.2) is 0 Å². The lowest BCUT2D eigenvalue weighted by Gasteiger charge is -2.16. The molecule has 4 heteroatoms. The maximum absolute atomic E-state index is 12.4. The number of carboxylic acids is 1. The molecule has 3 rings (SSSR count). The molecular formula is C17H21NO3. The van der Waals surface area contributed by atoms with Gasteiger partial charge < -0.3 is 10.0 Å². The molecule has 0 unspecified atom stereocenters. The third kappa shape index (κ3) is 2.80. The van der Waals surface area contributed by atoms with Gasteiger partial charge >= 0.3 is 5.97 Å². The highest BCUT2D eigenvalue weighted by molar-refractivity contribution is 5.81. The van der Waals surface area contributed by atoms with Gasteiger partial charge in [0.05, 0.1) is 12.3 Å². The van der Waals surface area contributed by atoms with E-state index in [1.54, 1.807) is 4.90 Å². The number of hydrogen-bond acceptors (Lipinski definition) is 2. The zero-order valence-electron chi connectivity index (χ0n) is 12.3. The van der Waals surface area contributed by atoms with Gasteiger partial charge in [0.25, 0.3) is 0 Å². The number of nitrogens with zero attached hydrogens (tertiary/aromatic N) is 1. The largest absolute Gasteiger partial charge is 0.481 e. The van der Waals surface area contributed by atoms with Crippen molar-refractivity contribution in [3.05, 3.63) is 34.9 Å². The van der Waals surface area contributed by atoms with Crippen molar-refractivity contribution in [2.45, 2.75) is 32.6 Å². The number of likely N-dealkylation sites (tertiary alicyclic amines) is 1. The second-order valence-corrected chi connectivity index (χ2v) is 6.35. The number of aliphatic carboxylic acids is 1. The van der Waals surface area contributed by atoms with Crippen LogP contribution in [0.4, 0.5) is 0 Å². The first kappa shape index (κ1) is 14.1. The highest BCUT2D eigenvalue weighted by atomic mass is 16.4. The van der Waals surface area contributed by atoms with Gasteiger partial charge in [-0.3, -0.25) is 9.59 Å². The number of benzene rings is 1. The van der Waals surface area contributed by atoms with Crippen molar-refractivity contribution < 1.29 is 14.7 Å². The Morgan fingerprint density at radius 3 is 2.71 bits per heavy atom. The van der Waals surface area contributed by atoms with E-state index in [0.29, 0.717) is 19.5 Å². The topological polar surface area (TPSA) is 57.6 Å². The molecule has 1 aliphatic carbocycles. The average Bonchev–Trinajstić information content (AvgIpc) is 3.04. The fourth-order valence-corrected chi connectivity index (χ4v) is 3.51. The van der Waals surface area contributed by atoms with Gasteiger partial charge in [0, 0.05) is 13.1 Å². The van der Waals surface area contributed by atoms with Crippen molar-refractivity contribution in [3.8, 4) is 0 Å². The molecule has 0 saturated carbocycles. The number of aryl methyl sites for hydroxylation is 2. The molecule has 1 heterocycles. The minimum Gasteiger partial charge on any atom is -0.481 e. The fourth-order valence-electron chi connectivity index (χ4n) is 3.51. The summed E-state index contributed by atoms with van der Waals surface area (Å²) >= 11 is 0. The molecule has 112 valence electrons. The number of hydrogen-bond donors (Lipinski definition) is 1. The lowest BCUT2D eigenvalue weighted by atomic mass is 9.99. The van der Waals surface area contributed by atoms with Crippen molar-refractivity contribution in [2.75, 3.05) is 13.1 Å². The smallest absolute Gasteiger partial charge is 0.308 e. The molecule has 0 radical (unpaired) electrons. The van der Waals surface area contributed by atoms with Crippen LogP contribution in [0.5, 0.6) is 0 Å². The molecule has 2 aliphatic rings. The molecule has 4 nitrogen and oxygen atoms in total. The van der Waals surface area contributed by atoms with E-state index in [9.17, 15) is 9.59 Å². The van der Waals surface area contributed by atoms with E-state index < -0.39 is 11.9 Å². The predicted octanol–water partition coefficient (Wildman–Crippen LogP) is 1.90. The van der Waals surface area contributed by atoms with E-state index in [4.69, 9.17) is 5.11 Å². The van der Waals surface area contributed by atoms with Gasteiger partial charge in [0.2, 0.25) is 5.91 Å². The number of amides is 1. The molecule has 0 aromatic heterocycles. The summed E-state index contributed by atoms with van der Waals surface area (Å²) in [6.07, 6.45) is 3.84. The summed E-state index contributed by atoms with van der Waals surface area (Å²) in [6.45, 7) is 2.81. The molecule has 1 aliphatic heterocycles. The quantitative estimate of drug-likeness (QED) is 0.923. The van der Waals surface area contributed by atoms with Crippen molar-refractivity contribution in [2.24, 2.45) is 11.8 Å². The molecule has 1 fully saturated rings. The number of fused-ring (bicyclic) bond motifs is 1. The fraction of sp³-hybridized carbons (Fsp3) is 0.529. The Kier molecular flexibility index (Phi) is 3.70. The van der Waals surface area contributed by atoms with Crippen molar-refractivity contribution in [1.29, 1.82) is 0 Å². The van der Waals surface area contributed by atoms with Gasteiger partial charge in [-0.2, -0.15) is 0 Å². The maximum atomic E-state index is 12.4. The second-order valence-electron chi connectivity index (χ2n) is 6.35. The van der Waals surface area contributed by atoms with Crippen LogP contribution in [0.25, 0.3) is 0 Å². The van der Waals surface area contributed by atoms with E-state index in [2.05, 4.69) is 12.1 Å². The van der Waals surface area contributed by atoms with Gasteiger partial charge in [-0.15, -0.1) is 0 Å². The Hall–Kier alpha value is -1.84. The highest BCUT2D eigenvalue weighted by Gasteiger charge is 2.36. The van der Waals surface area contributed by atoms with Crippen molar-refractivity contribution in [3.63, 3.8) is 0 Å². The van der Waals surface area contributed by atoms with Gasteiger partial charge in [-0.25, -0.2) is 0 Å². The molecule has 2 atom stereocenters. The molecule has 1 N–H and O–H groups in total. The number of rotatable bonds is 3. The highest BCUT2D eigenvalue weighted by Crippen LogP contribution is 2.25. The van der Waals surface area contributed by atoms with E-state index in [-0.39, 0.29) is 11.8 Å². The van der Waals surface area contributed by atoms with E-state index >= 15 is 0 Å². The summed E-state index contributed by atoms with van der Waals surface area (Å²) in [5, 5.41) is 9.14. The first-order valence-electron chi connectivity index (χ1n) is 7.66. The first-order valence-corrected chi connectivity index (χ1v) is 7.66. The molecule has 1 saturated heterocycles. The standard InChI is InChI=1S/C17H21NO3/c1-11-9-18(10-15(11)17(20)21)16(19)8-12-5-6-13-3-2-4-14(13)7-12/h5-7,11,15H,2-4,8-10H2,1H3,(H,20,21)/t11-,15-/m1/s1. The van der Waals surface area contributed by atoms with Crippen LogP contribution in [0.3, 0.4) is 0 Å². The monoisotopic (exact) mass is 287 g/mol. The number of carboxylic acid groups (broad SMARTS) is 1. The van der Waals surface area contributed by atoms with Crippen LogP contribution in [0.15, 0.2) is 18.2 Å². The van der Waals surface area contributed by atoms with Crippen LogP contribution >= 0.6 is 0 Å². The number of carbonyl (C=O) groups excluding carboxylic acids is 1. The minimum atomic E-state index is -0.796. The summed E-state index contributed by atoms with van der Waals surface area (Å²) in [5.74, 6) is -1.14.